The molecule has 0 atom stereocenters. The van der Waals surface area contributed by atoms with Crippen LogP contribution in [0, 0.1) is 0 Å². The van der Waals surface area contributed by atoms with Gasteiger partial charge >= 0.3 is 0 Å². The number of benzene rings is 1. The number of halogens is 1. The zero-order valence-electron chi connectivity index (χ0n) is 11.1. The Labute approximate surface area is 123 Å². The van der Waals surface area contributed by atoms with Crippen molar-refractivity contribution < 1.29 is 8.42 Å². The summed E-state index contributed by atoms with van der Waals surface area (Å²) < 4.78 is 24.3. The predicted octanol–water partition coefficient (Wildman–Crippen LogP) is 2.24. The second-order valence-corrected chi connectivity index (χ2v) is 6.74. The molecular weight excluding hydrogens is 298 g/mol. The number of nitrogens with zero attached hydrogens (tertiary/aromatic N) is 1. The molecule has 1 aromatic carbocycles. The van der Waals surface area contributed by atoms with Crippen LogP contribution in [-0.2, 0) is 10.0 Å². The number of sulfonamides is 1. The largest absolute Gasteiger partial charge is 0.384 e. The van der Waals surface area contributed by atoms with Gasteiger partial charge in [0.25, 0.3) is 0 Å². The number of pyridine rings is 1. The molecule has 0 unspecified atom stereocenters. The normalized spacial score (nSPS) is 11.7. The third-order valence-electron chi connectivity index (χ3n) is 2.74. The topological polar surface area (TPSA) is 71.1 Å². The Balaban J connectivity index is 1.98. The van der Waals surface area contributed by atoms with E-state index >= 15 is 0 Å². The van der Waals surface area contributed by atoms with Gasteiger partial charge in [-0.25, -0.2) is 13.1 Å². The summed E-state index contributed by atoms with van der Waals surface area (Å²) in [5, 5.41) is 4.88. The smallest absolute Gasteiger partial charge is 0.208 e. The third kappa shape index (κ3) is 4.33. The molecule has 5 nitrogen and oxygen atoms in total. The van der Waals surface area contributed by atoms with Gasteiger partial charge in [-0.2, -0.15) is 0 Å². The van der Waals surface area contributed by atoms with Gasteiger partial charge in [0, 0.05) is 35.4 Å². The molecule has 0 fully saturated rings. The average Bonchev–Trinajstić information content (AvgIpc) is 2.37. The van der Waals surface area contributed by atoms with Crippen molar-refractivity contribution in [2.45, 2.75) is 6.42 Å². The van der Waals surface area contributed by atoms with Crippen LogP contribution in [0.2, 0.25) is 5.02 Å². The molecule has 0 radical (unpaired) electrons. The maximum absolute atomic E-state index is 10.9. The Morgan fingerprint density at radius 1 is 1.25 bits per heavy atom. The van der Waals surface area contributed by atoms with Crippen molar-refractivity contribution in [2.75, 3.05) is 24.7 Å². The second-order valence-electron chi connectivity index (χ2n) is 4.47. The van der Waals surface area contributed by atoms with E-state index < -0.39 is 10.0 Å². The highest BCUT2D eigenvalue weighted by atomic mass is 35.5. The van der Waals surface area contributed by atoms with E-state index in [0.717, 1.165) is 22.8 Å². The van der Waals surface area contributed by atoms with Gasteiger partial charge in [0.2, 0.25) is 10.0 Å². The Morgan fingerprint density at radius 2 is 2.05 bits per heavy atom. The molecule has 108 valence electrons. The van der Waals surface area contributed by atoms with E-state index in [9.17, 15) is 8.42 Å². The molecule has 0 spiro atoms. The number of rotatable bonds is 6. The molecule has 1 heterocycles. The summed E-state index contributed by atoms with van der Waals surface area (Å²) in [6.45, 7) is 1.07. The van der Waals surface area contributed by atoms with Crippen molar-refractivity contribution in [3.8, 4) is 0 Å². The fourth-order valence-corrected chi connectivity index (χ4v) is 2.53. The van der Waals surface area contributed by atoms with Crippen molar-refractivity contribution >= 4 is 38.2 Å². The van der Waals surface area contributed by atoms with Crippen LogP contribution in [0.5, 0.6) is 0 Å². The molecule has 1 aromatic heterocycles. The number of aromatic nitrogens is 1. The first kappa shape index (κ1) is 15.0. The number of fused-ring (bicyclic) bond motifs is 1. The second kappa shape index (κ2) is 6.39. The molecule has 0 saturated carbocycles. The van der Waals surface area contributed by atoms with Crippen molar-refractivity contribution in [2.24, 2.45) is 0 Å². The molecule has 0 aliphatic rings. The van der Waals surface area contributed by atoms with Crippen molar-refractivity contribution in [3.63, 3.8) is 0 Å². The van der Waals surface area contributed by atoms with E-state index in [1.165, 1.54) is 0 Å². The first-order chi connectivity index (χ1) is 9.46. The van der Waals surface area contributed by atoms with Crippen LogP contribution >= 0.6 is 11.6 Å². The summed E-state index contributed by atoms with van der Waals surface area (Å²) >= 11 is 5.99. The Morgan fingerprint density at radius 3 is 2.80 bits per heavy atom. The standard InChI is InChI=1S/C13H16ClN3O2S/c1-20(18,19)17-7-2-6-15-13-5-8-16-12-4-3-10(14)9-11(12)13/h3-5,8-9,17H,2,6-7H2,1H3,(H,15,16). The van der Waals surface area contributed by atoms with Gasteiger partial charge in [-0.1, -0.05) is 11.6 Å². The molecular formula is C13H16ClN3O2S. The van der Waals surface area contributed by atoms with E-state index in [1.807, 2.05) is 18.2 Å². The van der Waals surface area contributed by atoms with Gasteiger partial charge in [0.15, 0.2) is 0 Å². The van der Waals surface area contributed by atoms with Crippen LogP contribution in [0.4, 0.5) is 5.69 Å². The Kier molecular flexibility index (Phi) is 4.80. The SMILES string of the molecule is CS(=O)(=O)NCCCNc1ccnc2ccc(Cl)cc12. The maximum Gasteiger partial charge on any atom is 0.208 e. The van der Waals surface area contributed by atoms with E-state index in [0.29, 0.717) is 24.5 Å². The minimum Gasteiger partial charge on any atom is -0.384 e. The molecule has 2 N–H and O–H groups in total. The number of hydrogen-bond acceptors (Lipinski definition) is 4. The average molecular weight is 314 g/mol. The lowest BCUT2D eigenvalue weighted by atomic mass is 10.2. The summed E-state index contributed by atoms with van der Waals surface area (Å²) in [6.07, 6.45) is 3.57. The lowest BCUT2D eigenvalue weighted by Crippen LogP contribution is -2.24. The first-order valence-electron chi connectivity index (χ1n) is 6.18. The van der Waals surface area contributed by atoms with Gasteiger partial charge in [-0.3, -0.25) is 4.98 Å². The molecule has 2 aromatic rings. The maximum atomic E-state index is 10.9. The van der Waals surface area contributed by atoms with E-state index in [1.54, 1.807) is 12.3 Å². The van der Waals surface area contributed by atoms with E-state index in [-0.39, 0.29) is 0 Å². The van der Waals surface area contributed by atoms with Gasteiger partial charge in [0.1, 0.15) is 0 Å². The van der Waals surface area contributed by atoms with Crippen LogP contribution in [0.3, 0.4) is 0 Å². The lowest BCUT2D eigenvalue weighted by molar-refractivity contribution is 0.586. The van der Waals surface area contributed by atoms with Crippen LogP contribution in [0.15, 0.2) is 30.5 Å². The van der Waals surface area contributed by atoms with Gasteiger partial charge < -0.3 is 5.32 Å². The van der Waals surface area contributed by atoms with Crippen LogP contribution in [0.1, 0.15) is 6.42 Å². The highest BCUT2D eigenvalue weighted by Gasteiger charge is 2.03. The van der Waals surface area contributed by atoms with E-state index in [2.05, 4.69) is 15.0 Å². The Hall–Kier alpha value is -1.37. The number of hydrogen-bond donors (Lipinski definition) is 2. The fourth-order valence-electron chi connectivity index (χ4n) is 1.84. The first-order valence-corrected chi connectivity index (χ1v) is 8.45. The van der Waals surface area contributed by atoms with E-state index in [4.69, 9.17) is 11.6 Å². The van der Waals surface area contributed by atoms with Crippen molar-refractivity contribution in [1.29, 1.82) is 0 Å². The van der Waals surface area contributed by atoms with Gasteiger partial charge in [0.05, 0.1) is 11.8 Å². The molecule has 0 saturated heterocycles. The molecule has 7 heteroatoms. The zero-order valence-corrected chi connectivity index (χ0v) is 12.6. The fraction of sp³-hybridized carbons (Fsp3) is 0.308. The summed E-state index contributed by atoms with van der Waals surface area (Å²) in [4.78, 5) is 4.27. The molecule has 0 aliphatic heterocycles. The number of nitrogens with one attached hydrogen (secondary N) is 2. The zero-order chi connectivity index (χ0) is 14.6. The minimum atomic E-state index is -3.11. The monoisotopic (exact) mass is 313 g/mol. The van der Waals surface area contributed by atoms with Gasteiger partial charge in [-0.05, 0) is 30.7 Å². The third-order valence-corrected chi connectivity index (χ3v) is 3.70. The summed E-state index contributed by atoms with van der Waals surface area (Å²) in [5.41, 5.74) is 1.81. The van der Waals surface area contributed by atoms with Gasteiger partial charge in [-0.15, -0.1) is 0 Å². The predicted molar refractivity (Wildman–Crippen MR) is 82.7 cm³/mol. The van der Waals surface area contributed by atoms with Crippen molar-refractivity contribution in [1.82, 2.24) is 9.71 Å². The highest BCUT2D eigenvalue weighted by Crippen LogP contribution is 2.24. The molecule has 20 heavy (non-hydrogen) atoms. The quantitative estimate of drug-likeness (QED) is 0.802. The summed E-state index contributed by atoms with van der Waals surface area (Å²) in [7, 11) is -3.11. The summed E-state index contributed by atoms with van der Waals surface area (Å²) in [5.74, 6) is 0. The van der Waals surface area contributed by atoms with Crippen LogP contribution in [0.25, 0.3) is 10.9 Å². The summed E-state index contributed by atoms with van der Waals surface area (Å²) in [6, 6.07) is 7.41. The minimum absolute atomic E-state index is 0.412. The Bertz CT molecular complexity index is 704. The van der Waals surface area contributed by atoms with Crippen LogP contribution < -0.4 is 10.0 Å². The molecule has 0 aliphatic carbocycles. The molecule has 2 rings (SSSR count). The number of anilines is 1. The highest BCUT2D eigenvalue weighted by molar-refractivity contribution is 7.88. The molecule has 0 amide bonds. The molecule has 0 bridgehead atoms. The lowest BCUT2D eigenvalue weighted by Gasteiger charge is -2.09. The van der Waals surface area contributed by atoms with Crippen molar-refractivity contribution in [3.05, 3.63) is 35.5 Å². The van der Waals surface area contributed by atoms with Crippen LogP contribution in [-0.4, -0.2) is 32.7 Å².